The smallest absolute Gasteiger partial charge is 0.161 e. The first kappa shape index (κ1) is 18.1. The molecule has 0 aliphatic rings. The van der Waals surface area contributed by atoms with Gasteiger partial charge in [-0.25, -0.2) is 0 Å². The van der Waals surface area contributed by atoms with Gasteiger partial charge in [-0.1, -0.05) is 38.2 Å². The van der Waals surface area contributed by atoms with Gasteiger partial charge in [0.15, 0.2) is 11.5 Å². The Morgan fingerprint density at radius 3 is 2.25 bits per heavy atom. The van der Waals surface area contributed by atoms with Crippen LogP contribution in [0.25, 0.3) is 0 Å². The molecule has 0 unspecified atom stereocenters. The first-order valence-electron chi connectivity index (χ1n) is 7.84. The maximum absolute atomic E-state index is 5.71. The Balaban J connectivity index is 1.86. The third kappa shape index (κ3) is 4.86. The van der Waals surface area contributed by atoms with Gasteiger partial charge < -0.3 is 19.9 Å². The van der Waals surface area contributed by atoms with Crippen LogP contribution in [0.2, 0.25) is 0 Å². The molecule has 2 aromatic rings. The van der Waals surface area contributed by atoms with E-state index < -0.39 is 0 Å². The van der Waals surface area contributed by atoms with E-state index in [1.54, 1.807) is 19.2 Å². The van der Waals surface area contributed by atoms with Crippen LogP contribution in [-0.2, 0) is 0 Å². The van der Waals surface area contributed by atoms with Crippen LogP contribution in [0.5, 0.6) is 17.2 Å². The van der Waals surface area contributed by atoms with Gasteiger partial charge in [0.05, 0.1) is 7.11 Å². The van der Waals surface area contributed by atoms with E-state index in [1.807, 2.05) is 18.2 Å². The Hall–Kier alpha value is -2.27. The molecule has 128 valence electrons. The van der Waals surface area contributed by atoms with Crippen LogP contribution in [0.1, 0.15) is 30.9 Å². The number of rotatable bonds is 8. The molecule has 0 spiro atoms. The summed E-state index contributed by atoms with van der Waals surface area (Å²) in [6.45, 7) is 5.19. The molecule has 2 aromatic carbocycles. The highest BCUT2D eigenvalue weighted by Gasteiger charge is 2.07. The van der Waals surface area contributed by atoms with Gasteiger partial charge in [-0.05, 0) is 41.8 Å². The third-order valence-electron chi connectivity index (χ3n) is 3.60. The molecule has 0 radical (unpaired) electrons. The van der Waals surface area contributed by atoms with Gasteiger partial charge in [0, 0.05) is 5.56 Å². The van der Waals surface area contributed by atoms with E-state index in [2.05, 4.69) is 26.0 Å². The zero-order valence-electron chi connectivity index (χ0n) is 14.2. The molecule has 0 bridgehead atoms. The summed E-state index contributed by atoms with van der Waals surface area (Å²) in [5, 5.41) is 0. The number of methoxy groups -OCH3 is 1. The molecular formula is C19H23NO3S. The predicted molar refractivity (Wildman–Crippen MR) is 100 cm³/mol. The van der Waals surface area contributed by atoms with Crippen LogP contribution < -0.4 is 19.9 Å². The standard InChI is InChI=1S/C19H23NO3S/c1-13(2)14-4-7-16(8-5-14)22-10-11-23-17-9-6-15(19(20)24)12-18(17)21-3/h4-9,12-13H,10-11H2,1-3H3,(H2,20,24). The van der Waals surface area contributed by atoms with E-state index in [9.17, 15) is 0 Å². The molecule has 5 heteroatoms. The van der Waals surface area contributed by atoms with Crippen molar-refractivity contribution in [2.45, 2.75) is 19.8 Å². The second kappa shape index (κ2) is 8.55. The van der Waals surface area contributed by atoms with Crippen LogP contribution in [-0.4, -0.2) is 25.3 Å². The molecular weight excluding hydrogens is 322 g/mol. The highest BCUT2D eigenvalue weighted by molar-refractivity contribution is 7.80. The zero-order chi connectivity index (χ0) is 17.5. The minimum Gasteiger partial charge on any atom is -0.493 e. The van der Waals surface area contributed by atoms with E-state index in [0.717, 1.165) is 11.3 Å². The minimum absolute atomic E-state index is 0.327. The molecule has 0 fully saturated rings. The Morgan fingerprint density at radius 1 is 1.00 bits per heavy atom. The highest BCUT2D eigenvalue weighted by Crippen LogP contribution is 2.28. The maximum atomic E-state index is 5.71. The Morgan fingerprint density at radius 2 is 1.67 bits per heavy atom. The van der Waals surface area contributed by atoms with Crippen LogP contribution in [0.15, 0.2) is 42.5 Å². The topological polar surface area (TPSA) is 53.7 Å². The molecule has 0 saturated carbocycles. The van der Waals surface area contributed by atoms with Crippen molar-refractivity contribution in [3.63, 3.8) is 0 Å². The normalized spacial score (nSPS) is 10.5. The van der Waals surface area contributed by atoms with Crippen molar-refractivity contribution < 1.29 is 14.2 Å². The van der Waals surface area contributed by atoms with Gasteiger partial charge >= 0.3 is 0 Å². The minimum atomic E-state index is 0.327. The molecule has 0 aliphatic carbocycles. The fourth-order valence-electron chi connectivity index (χ4n) is 2.20. The van der Waals surface area contributed by atoms with Crippen molar-refractivity contribution in [3.05, 3.63) is 53.6 Å². The van der Waals surface area contributed by atoms with Crippen molar-refractivity contribution in [3.8, 4) is 17.2 Å². The lowest BCUT2D eigenvalue weighted by Gasteiger charge is -2.13. The van der Waals surface area contributed by atoms with Crippen LogP contribution in [0, 0.1) is 0 Å². The van der Waals surface area contributed by atoms with Crippen molar-refractivity contribution in [1.29, 1.82) is 0 Å². The summed E-state index contributed by atoms with van der Waals surface area (Å²) in [6, 6.07) is 13.5. The lowest BCUT2D eigenvalue weighted by atomic mass is 10.0. The summed E-state index contributed by atoms with van der Waals surface area (Å²) >= 11 is 4.96. The van der Waals surface area contributed by atoms with Crippen molar-refractivity contribution in [2.75, 3.05) is 20.3 Å². The average Bonchev–Trinajstić information content (AvgIpc) is 2.59. The quantitative estimate of drug-likeness (QED) is 0.581. The van der Waals surface area contributed by atoms with Crippen molar-refractivity contribution in [2.24, 2.45) is 5.73 Å². The molecule has 0 aliphatic heterocycles. The van der Waals surface area contributed by atoms with E-state index in [-0.39, 0.29) is 0 Å². The first-order valence-corrected chi connectivity index (χ1v) is 8.25. The predicted octanol–water partition coefficient (Wildman–Crippen LogP) is 3.91. The first-order chi connectivity index (χ1) is 11.5. The number of thiocarbonyl (C=S) groups is 1. The van der Waals surface area contributed by atoms with Gasteiger partial charge in [0.25, 0.3) is 0 Å². The lowest BCUT2D eigenvalue weighted by Crippen LogP contribution is -2.11. The Bertz CT molecular complexity index is 684. The second-order valence-corrected chi connectivity index (χ2v) is 6.09. The monoisotopic (exact) mass is 345 g/mol. The summed E-state index contributed by atoms with van der Waals surface area (Å²) in [6.07, 6.45) is 0. The zero-order valence-corrected chi connectivity index (χ0v) is 15.1. The van der Waals surface area contributed by atoms with Crippen molar-refractivity contribution >= 4 is 17.2 Å². The molecule has 0 heterocycles. The van der Waals surface area contributed by atoms with Gasteiger partial charge in [-0.2, -0.15) is 0 Å². The molecule has 2 rings (SSSR count). The SMILES string of the molecule is COc1cc(C(N)=S)ccc1OCCOc1ccc(C(C)C)cc1. The van der Waals surface area contributed by atoms with E-state index in [1.165, 1.54) is 5.56 Å². The molecule has 0 saturated heterocycles. The molecule has 0 amide bonds. The Labute approximate surface area is 148 Å². The highest BCUT2D eigenvalue weighted by atomic mass is 32.1. The van der Waals surface area contributed by atoms with Gasteiger partial charge in [-0.15, -0.1) is 0 Å². The largest absolute Gasteiger partial charge is 0.493 e. The third-order valence-corrected chi connectivity index (χ3v) is 3.84. The molecule has 24 heavy (non-hydrogen) atoms. The number of nitrogens with two attached hydrogens (primary N) is 1. The second-order valence-electron chi connectivity index (χ2n) is 5.65. The average molecular weight is 345 g/mol. The number of hydrogen-bond donors (Lipinski definition) is 1. The lowest BCUT2D eigenvalue weighted by molar-refractivity contribution is 0.211. The summed E-state index contributed by atoms with van der Waals surface area (Å²) in [5.74, 6) is 2.58. The number of hydrogen-bond acceptors (Lipinski definition) is 4. The fourth-order valence-corrected chi connectivity index (χ4v) is 2.33. The van der Waals surface area contributed by atoms with Crippen LogP contribution in [0.4, 0.5) is 0 Å². The van der Waals surface area contributed by atoms with Crippen LogP contribution >= 0.6 is 12.2 Å². The van der Waals surface area contributed by atoms with Gasteiger partial charge in [0.1, 0.15) is 24.0 Å². The molecule has 2 N–H and O–H groups in total. The van der Waals surface area contributed by atoms with Gasteiger partial charge in [-0.3, -0.25) is 0 Å². The summed E-state index contributed by atoms with van der Waals surface area (Å²) in [4.78, 5) is 0.327. The summed E-state index contributed by atoms with van der Waals surface area (Å²) < 4.78 is 16.7. The van der Waals surface area contributed by atoms with E-state index in [4.69, 9.17) is 32.2 Å². The molecule has 0 aromatic heterocycles. The summed E-state index contributed by atoms with van der Waals surface area (Å²) in [5.41, 5.74) is 7.66. The Kier molecular flexibility index (Phi) is 6.44. The number of ether oxygens (including phenoxy) is 3. The van der Waals surface area contributed by atoms with E-state index in [0.29, 0.717) is 35.6 Å². The fraction of sp³-hybridized carbons (Fsp3) is 0.316. The summed E-state index contributed by atoms with van der Waals surface area (Å²) in [7, 11) is 1.58. The van der Waals surface area contributed by atoms with Gasteiger partial charge in [0.2, 0.25) is 0 Å². The molecule has 0 atom stereocenters. The van der Waals surface area contributed by atoms with E-state index >= 15 is 0 Å². The molecule has 4 nitrogen and oxygen atoms in total. The maximum Gasteiger partial charge on any atom is 0.161 e. The number of benzene rings is 2. The van der Waals surface area contributed by atoms with Crippen molar-refractivity contribution in [1.82, 2.24) is 0 Å². The van der Waals surface area contributed by atoms with Crippen LogP contribution in [0.3, 0.4) is 0 Å².